The normalized spacial score (nSPS) is 30.4. The largest absolute Gasteiger partial charge is 0.496 e. The van der Waals surface area contributed by atoms with Gasteiger partial charge >= 0.3 is 0 Å². The third kappa shape index (κ3) is 2.73. The van der Waals surface area contributed by atoms with Crippen LogP contribution in [0.15, 0.2) is 22.7 Å². The lowest BCUT2D eigenvalue weighted by Crippen LogP contribution is -2.81. The molecule has 0 radical (unpaired) electrons. The topological polar surface area (TPSA) is 73.6 Å². The van der Waals surface area contributed by atoms with Gasteiger partial charge in [0.15, 0.2) is 0 Å². The molecule has 134 valence electrons. The van der Waals surface area contributed by atoms with Gasteiger partial charge in [-0.1, -0.05) is 13.8 Å². The number of hydrogen-bond donors (Lipinski definition) is 2. The molecule has 5 nitrogen and oxygen atoms in total. The Kier molecular flexibility index (Phi) is 5.55. The van der Waals surface area contributed by atoms with Crippen LogP contribution in [0.3, 0.4) is 0 Å². The first-order chi connectivity index (χ1) is 10.8. The van der Waals surface area contributed by atoms with Crippen molar-refractivity contribution in [1.82, 2.24) is 0 Å². The van der Waals surface area contributed by atoms with Gasteiger partial charge in [0.05, 0.1) is 17.7 Å². The van der Waals surface area contributed by atoms with Crippen LogP contribution < -0.4 is 15.8 Å². The molecule has 2 fully saturated rings. The molecule has 7 heteroatoms. The zero-order valence-corrected chi connectivity index (χ0v) is 16.5. The van der Waals surface area contributed by atoms with Crippen molar-refractivity contribution in [1.29, 1.82) is 0 Å². The lowest BCUT2D eigenvalue weighted by molar-refractivity contribution is -0.222. The average Bonchev–Trinajstić information content (AvgIpc) is 2.54. The molecule has 0 spiro atoms. The number of rotatable bonds is 3. The number of methoxy groups -OCH3 is 1. The minimum Gasteiger partial charge on any atom is -0.496 e. The van der Waals surface area contributed by atoms with Gasteiger partial charge in [0.2, 0.25) is 5.91 Å². The number of halogens is 2. The van der Waals surface area contributed by atoms with Crippen molar-refractivity contribution in [2.24, 2.45) is 17.1 Å². The molecule has 24 heavy (non-hydrogen) atoms. The number of benzene rings is 1. The highest BCUT2D eigenvalue weighted by Crippen LogP contribution is 2.57. The number of carbonyl (C=O) groups excluding carboxylic acids is 1. The Balaban J connectivity index is 0.00000208. The van der Waals surface area contributed by atoms with Crippen LogP contribution >= 0.6 is 28.3 Å². The summed E-state index contributed by atoms with van der Waals surface area (Å²) < 4.78 is 11.8. The predicted octanol–water partition coefficient (Wildman–Crippen LogP) is 3.35. The molecule has 1 saturated carbocycles. The summed E-state index contributed by atoms with van der Waals surface area (Å²) >= 11 is 3.43. The summed E-state index contributed by atoms with van der Waals surface area (Å²) in [5.41, 5.74) is 5.99. The number of amides is 1. The molecule has 3 atom stereocenters. The summed E-state index contributed by atoms with van der Waals surface area (Å²) in [7, 11) is 1.60. The first-order valence-corrected chi connectivity index (χ1v) is 8.67. The van der Waals surface area contributed by atoms with Gasteiger partial charge in [-0.05, 0) is 47.0 Å². The lowest BCUT2D eigenvalue weighted by atomic mass is 9.46. The molecule has 1 heterocycles. The van der Waals surface area contributed by atoms with Crippen molar-refractivity contribution in [2.75, 3.05) is 19.0 Å². The zero-order valence-electron chi connectivity index (χ0n) is 14.1. The summed E-state index contributed by atoms with van der Waals surface area (Å²) in [4.78, 5) is 12.9. The Labute approximate surface area is 157 Å². The number of ether oxygens (including phenoxy) is 2. The maximum Gasteiger partial charge on any atom is 0.245 e. The molecule has 1 amide bonds. The maximum atomic E-state index is 12.9. The van der Waals surface area contributed by atoms with Crippen LogP contribution in [-0.4, -0.2) is 31.3 Å². The fourth-order valence-corrected chi connectivity index (χ4v) is 4.56. The van der Waals surface area contributed by atoms with Gasteiger partial charge < -0.3 is 20.5 Å². The second-order valence-electron chi connectivity index (χ2n) is 6.93. The minimum atomic E-state index is -0.912. The SMILES string of the molecule is COc1ccc(NC(=O)C2(N)C3CCCOC3C2(C)C)cc1Br.Cl. The maximum absolute atomic E-state index is 12.9. The molecule has 2 aliphatic rings. The number of anilines is 1. The van der Waals surface area contributed by atoms with Crippen molar-refractivity contribution in [3.63, 3.8) is 0 Å². The first-order valence-electron chi connectivity index (χ1n) is 7.88. The van der Waals surface area contributed by atoms with Gasteiger partial charge in [0.25, 0.3) is 0 Å². The average molecular weight is 420 g/mol. The summed E-state index contributed by atoms with van der Waals surface area (Å²) in [5, 5.41) is 2.96. The van der Waals surface area contributed by atoms with E-state index < -0.39 is 5.54 Å². The fourth-order valence-electron chi connectivity index (χ4n) is 4.02. The van der Waals surface area contributed by atoms with Gasteiger partial charge in [0.1, 0.15) is 11.3 Å². The number of nitrogens with one attached hydrogen (secondary N) is 1. The van der Waals surface area contributed by atoms with Crippen LogP contribution in [0.1, 0.15) is 26.7 Å². The van der Waals surface area contributed by atoms with Gasteiger partial charge in [0, 0.05) is 23.6 Å². The number of nitrogens with two attached hydrogens (primary N) is 1. The third-order valence-electron chi connectivity index (χ3n) is 5.47. The highest BCUT2D eigenvalue weighted by atomic mass is 79.9. The smallest absolute Gasteiger partial charge is 0.245 e. The first kappa shape index (κ1) is 19.5. The van der Waals surface area contributed by atoms with Crippen LogP contribution in [0.4, 0.5) is 5.69 Å². The van der Waals surface area contributed by atoms with Crippen molar-refractivity contribution < 1.29 is 14.3 Å². The molecule has 3 rings (SSSR count). The monoisotopic (exact) mass is 418 g/mol. The second kappa shape index (κ2) is 6.83. The molecule has 1 aromatic carbocycles. The molecule has 1 saturated heterocycles. The Bertz CT molecular complexity index is 640. The van der Waals surface area contributed by atoms with E-state index in [1.54, 1.807) is 13.2 Å². The van der Waals surface area contributed by atoms with Gasteiger partial charge in [-0.15, -0.1) is 12.4 Å². The summed E-state index contributed by atoms with van der Waals surface area (Å²) in [6.07, 6.45) is 1.96. The summed E-state index contributed by atoms with van der Waals surface area (Å²) in [6, 6.07) is 5.44. The van der Waals surface area contributed by atoms with E-state index in [-0.39, 0.29) is 35.8 Å². The van der Waals surface area contributed by atoms with E-state index in [2.05, 4.69) is 21.2 Å². The van der Waals surface area contributed by atoms with Crippen LogP contribution in [0, 0.1) is 11.3 Å². The van der Waals surface area contributed by atoms with Gasteiger partial charge in [-0.25, -0.2) is 0 Å². The van der Waals surface area contributed by atoms with Crippen LogP contribution in [-0.2, 0) is 9.53 Å². The fraction of sp³-hybridized carbons (Fsp3) is 0.588. The summed E-state index contributed by atoms with van der Waals surface area (Å²) in [5.74, 6) is 0.648. The van der Waals surface area contributed by atoms with Crippen LogP contribution in [0.25, 0.3) is 0 Å². The molecule has 0 aromatic heterocycles. The quantitative estimate of drug-likeness (QED) is 0.788. The molecule has 1 aliphatic carbocycles. The van der Waals surface area contributed by atoms with E-state index in [1.165, 1.54) is 0 Å². The Morgan fingerprint density at radius 2 is 2.17 bits per heavy atom. The van der Waals surface area contributed by atoms with Crippen molar-refractivity contribution in [3.05, 3.63) is 22.7 Å². The number of carbonyl (C=O) groups is 1. The van der Waals surface area contributed by atoms with E-state index >= 15 is 0 Å². The number of hydrogen-bond acceptors (Lipinski definition) is 4. The van der Waals surface area contributed by atoms with Gasteiger partial charge in [-0.2, -0.15) is 0 Å². The molecular formula is C17H24BrClN2O3. The molecular weight excluding hydrogens is 396 g/mol. The van der Waals surface area contributed by atoms with Crippen molar-refractivity contribution in [3.8, 4) is 5.75 Å². The molecule has 0 bridgehead atoms. The second-order valence-corrected chi connectivity index (χ2v) is 7.79. The molecule has 1 aliphatic heterocycles. The van der Waals surface area contributed by atoms with E-state index in [1.807, 2.05) is 26.0 Å². The summed E-state index contributed by atoms with van der Waals surface area (Å²) in [6.45, 7) is 4.79. The van der Waals surface area contributed by atoms with E-state index in [4.69, 9.17) is 15.2 Å². The minimum absolute atomic E-state index is 0. The highest BCUT2D eigenvalue weighted by molar-refractivity contribution is 9.10. The van der Waals surface area contributed by atoms with Gasteiger partial charge in [-0.3, -0.25) is 4.79 Å². The molecule has 3 N–H and O–H groups in total. The molecule has 3 unspecified atom stereocenters. The van der Waals surface area contributed by atoms with E-state index in [9.17, 15) is 4.79 Å². The highest BCUT2D eigenvalue weighted by Gasteiger charge is 2.70. The van der Waals surface area contributed by atoms with Crippen LogP contribution in [0.2, 0.25) is 0 Å². The Morgan fingerprint density at radius 1 is 1.46 bits per heavy atom. The van der Waals surface area contributed by atoms with Crippen molar-refractivity contribution in [2.45, 2.75) is 38.3 Å². The third-order valence-corrected chi connectivity index (χ3v) is 6.09. The van der Waals surface area contributed by atoms with Crippen molar-refractivity contribution >= 4 is 39.9 Å². The van der Waals surface area contributed by atoms with E-state index in [0.29, 0.717) is 5.69 Å². The predicted molar refractivity (Wildman–Crippen MR) is 99.7 cm³/mol. The Morgan fingerprint density at radius 3 is 2.79 bits per heavy atom. The molecule has 1 aromatic rings. The lowest BCUT2D eigenvalue weighted by Gasteiger charge is -2.65. The Hall–Kier alpha value is -0.820. The number of fused-ring (bicyclic) bond motifs is 1. The standard InChI is InChI=1S/C17H23BrN2O3.ClH/c1-16(2)14-11(5-4-8-23-14)17(16,19)15(21)20-10-6-7-13(22-3)12(18)9-10;/h6-7,9,11,14H,4-5,8,19H2,1-3H3,(H,20,21);1H. The zero-order chi connectivity index (χ0) is 16.8. The van der Waals surface area contributed by atoms with Crippen LogP contribution in [0.5, 0.6) is 5.75 Å². The van der Waals surface area contributed by atoms with E-state index in [0.717, 1.165) is 29.7 Å².